The molecule has 1 aliphatic heterocycles. The van der Waals surface area contributed by atoms with Gasteiger partial charge in [-0.1, -0.05) is 12.8 Å². The molecule has 4 heterocycles. The first-order valence-corrected chi connectivity index (χ1v) is 10.4. The number of likely N-dealkylation sites (tertiary alicyclic amines) is 1. The lowest BCUT2D eigenvalue weighted by molar-refractivity contribution is 0.0705. The van der Waals surface area contributed by atoms with Crippen LogP contribution in [0.5, 0.6) is 0 Å². The number of imidazole rings is 1. The van der Waals surface area contributed by atoms with E-state index in [1.165, 1.54) is 38.1 Å². The Morgan fingerprint density at radius 3 is 2.76 bits per heavy atom. The number of hydrogen-bond donors (Lipinski definition) is 1. The van der Waals surface area contributed by atoms with Crippen molar-refractivity contribution in [3.05, 3.63) is 52.6 Å². The third-order valence-electron chi connectivity index (χ3n) is 6.20. The van der Waals surface area contributed by atoms with Gasteiger partial charge in [-0.3, -0.25) is 9.59 Å². The molecule has 1 saturated heterocycles. The highest BCUT2D eigenvalue weighted by molar-refractivity contribution is 5.96. The van der Waals surface area contributed by atoms with Crippen LogP contribution >= 0.6 is 0 Å². The standard InChI is InChI=1S/C21H24N6O2/c28-19-9-17(23-12-24-19)14-4-3-7-26(11-14)21(29)15-8-18-20(22-10-15)27(13-25-18)16-5-1-2-6-16/h8-10,12-14,16H,1-7,11H2,(H,23,24,28). The average molecular weight is 392 g/mol. The molecular formula is C21H24N6O2. The molecule has 1 amide bonds. The van der Waals surface area contributed by atoms with E-state index in [2.05, 4.69) is 24.5 Å². The number of H-pyrrole nitrogens is 1. The van der Waals surface area contributed by atoms with Gasteiger partial charge in [0.05, 0.1) is 23.9 Å². The van der Waals surface area contributed by atoms with Crippen molar-refractivity contribution in [3.63, 3.8) is 0 Å². The summed E-state index contributed by atoms with van der Waals surface area (Å²) in [5.74, 6) is 0.0395. The molecule has 3 aromatic rings. The van der Waals surface area contributed by atoms with Crippen LogP contribution in [0.4, 0.5) is 0 Å². The van der Waals surface area contributed by atoms with E-state index >= 15 is 0 Å². The fraction of sp³-hybridized carbons (Fsp3) is 0.476. The second-order valence-electron chi connectivity index (χ2n) is 8.08. The van der Waals surface area contributed by atoms with Crippen molar-refractivity contribution in [3.8, 4) is 0 Å². The summed E-state index contributed by atoms with van der Waals surface area (Å²) >= 11 is 0. The van der Waals surface area contributed by atoms with E-state index in [4.69, 9.17) is 0 Å². The van der Waals surface area contributed by atoms with E-state index in [-0.39, 0.29) is 17.4 Å². The fourth-order valence-electron chi connectivity index (χ4n) is 4.68. The zero-order valence-electron chi connectivity index (χ0n) is 16.3. The van der Waals surface area contributed by atoms with Gasteiger partial charge in [0, 0.05) is 37.3 Å². The molecule has 1 aliphatic carbocycles. The summed E-state index contributed by atoms with van der Waals surface area (Å²) in [4.78, 5) is 42.5. The van der Waals surface area contributed by atoms with Crippen LogP contribution < -0.4 is 5.56 Å². The number of nitrogens with zero attached hydrogens (tertiary/aromatic N) is 5. The maximum absolute atomic E-state index is 13.1. The van der Waals surface area contributed by atoms with Crippen LogP contribution in [0.15, 0.2) is 35.8 Å². The molecule has 5 rings (SSSR count). The topological polar surface area (TPSA) is 96.8 Å². The van der Waals surface area contributed by atoms with Gasteiger partial charge >= 0.3 is 0 Å². The van der Waals surface area contributed by atoms with E-state index in [0.717, 1.165) is 29.7 Å². The number of pyridine rings is 1. The summed E-state index contributed by atoms with van der Waals surface area (Å²) in [6, 6.07) is 3.85. The second-order valence-corrected chi connectivity index (χ2v) is 8.08. The molecule has 0 spiro atoms. The molecule has 1 atom stereocenters. The number of carbonyl (C=O) groups excluding carboxylic acids is 1. The smallest absolute Gasteiger partial charge is 0.255 e. The average Bonchev–Trinajstić information content (AvgIpc) is 3.42. The van der Waals surface area contributed by atoms with Crippen LogP contribution in [0.3, 0.4) is 0 Å². The van der Waals surface area contributed by atoms with Gasteiger partial charge in [0.25, 0.3) is 11.5 Å². The molecule has 0 bridgehead atoms. The van der Waals surface area contributed by atoms with Crippen molar-refractivity contribution in [1.82, 2.24) is 29.4 Å². The lowest BCUT2D eigenvalue weighted by Gasteiger charge is -2.32. The zero-order chi connectivity index (χ0) is 19.8. The number of piperidine rings is 1. The molecule has 150 valence electrons. The van der Waals surface area contributed by atoms with Gasteiger partial charge < -0.3 is 14.5 Å². The van der Waals surface area contributed by atoms with Gasteiger partial charge in [0.2, 0.25) is 0 Å². The van der Waals surface area contributed by atoms with Crippen LogP contribution in [-0.4, -0.2) is 48.4 Å². The minimum absolute atomic E-state index is 0.0376. The number of rotatable bonds is 3. The summed E-state index contributed by atoms with van der Waals surface area (Å²) in [6.07, 6.45) is 11.6. The summed E-state index contributed by atoms with van der Waals surface area (Å²) < 4.78 is 2.16. The van der Waals surface area contributed by atoms with E-state index in [1.54, 1.807) is 6.20 Å². The van der Waals surface area contributed by atoms with Crippen molar-refractivity contribution >= 4 is 17.1 Å². The number of aromatic amines is 1. The van der Waals surface area contributed by atoms with E-state index in [0.29, 0.717) is 24.7 Å². The molecule has 0 aromatic carbocycles. The molecule has 3 aromatic heterocycles. The Bertz CT molecular complexity index is 1100. The SMILES string of the molecule is O=C(c1cnc2c(c1)ncn2C1CCCC1)N1CCCC(c2cc(=O)[nH]cn2)C1. The van der Waals surface area contributed by atoms with Crippen LogP contribution in [0, 0.1) is 0 Å². The van der Waals surface area contributed by atoms with Gasteiger partial charge in [-0.05, 0) is 31.7 Å². The van der Waals surface area contributed by atoms with Gasteiger partial charge in [-0.15, -0.1) is 0 Å². The first-order valence-electron chi connectivity index (χ1n) is 10.4. The quantitative estimate of drug-likeness (QED) is 0.739. The minimum Gasteiger partial charge on any atom is -0.338 e. The molecule has 8 heteroatoms. The predicted molar refractivity (Wildman–Crippen MR) is 108 cm³/mol. The Hall–Kier alpha value is -3.03. The first kappa shape index (κ1) is 18.0. The third kappa shape index (κ3) is 3.43. The highest BCUT2D eigenvalue weighted by atomic mass is 16.2. The van der Waals surface area contributed by atoms with Crippen LogP contribution in [-0.2, 0) is 0 Å². The highest BCUT2D eigenvalue weighted by Gasteiger charge is 2.27. The number of nitrogens with one attached hydrogen (secondary N) is 1. The Labute approximate surface area is 168 Å². The van der Waals surface area contributed by atoms with Crippen molar-refractivity contribution < 1.29 is 4.79 Å². The van der Waals surface area contributed by atoms with Gasteiger partial charge in [0.15, 0.2) is 5.65 Å². The van der Waals surface area contributed by atoms with Crippen molar-refractivity contribution in [2.45, 2.75) is 50.5 Å². The van der Waals surface area contributed by atoms with E-state index in [9.17, 15) is 9.59 Å². The Kier molecular flexibility index (Phi) is 4.61. The van der Waals surface area contributed by atoms with Crippen molar-refractivity contribution in [2.24, 2.45) is 0 Å². The fourth-order valence-corrected chi connectivity index (χ4v) is 4.68. The monoisotopic (exact) mass is 392 g/mol. The summed E-state index contributed by atoms with van der Waals surface area (Å²) in [7, 11) is 0. The lowest BCUT2D eigenvalue weighted by atomic mass is 9.94. The second kappa shape index (κ2) is 7.42. The molecule has 2 fully saturated rings. The van der Waals surface area contributed by atoms with Gasteiger partial charge in [-0.2, -0.15) is 0 Å². The largest absolute Gasteiger partial charge is 0.338 e. The van der Waals surface area contributed by atoms with Crippen LogP contribution in [0.25, 0.3) is 11.2 Å². The Balaban J connectivity index is 1.37. The van der Waals surface area contributed by atoms with E-state index < -0.39 is 0 Å². The van der Waals surface area contributed by atoms with Crippen molar-refractivity contribution in [1.29, 1.82) is 0 Å². The lowest BCUT2D eigenvalue weighted by Crippen LogP contribution is -2.39. The summed E-state index contributed by atoms with van der Waals surface area (Å²) in [5, 5.41) is 0. The predicted octanol–water partition coefficient (Wildman–Crippen LogP) is 2.65. The van der Waals surface area contributed by atoms with Crippen molar-refractivity contribution in [2.75, 3.05) is 13.1 Å². The Morgan fingerprint density at radius 2 is 1.93 bits per heavy atom. The molecule has 0 radical (unpaired) electrons. The van der Waals surface area contributed by atoms with E-state index in [1.807, 2.05) is 17.3 Å². The van der Waals surface area contributed by atoms with Crippen LogP contribution in [0.2, 0.25) is 0 Å². The molecule has 1 unspecified atom stereocenters. The normalized spacial score (nSPS) is 20.4. The maximum atomic E-state index is 13.1. The molecule has 1 N–H and O–H groups in total. The highest BCUT2D eigenvalue weighted by Crippen LogP contribution is 2.32. The molecule has 29 heavy (non-hydrogen) atoms. The summed E-state index contributed by atoms with van der Waals surface area (Å²) in [5.41, 5.74) is 2.78. The van der Waals surface area contributed by atoms with Gasteiger partial charge in [0.1, 0.15) is 5.52 Å². The van der Waals surface area contributed by atoms with Gasteiger partial charge in [-0.25, -0.2) is 15.0 Å². The molecule has 1 saturated carbocycles. The number of amides is 1. The number of carbonyl (C=O) groups is 1. The molecule has 2 aliphatic rings. The van der Waals surface area contributed by atoms with Crippen LogP contribution in [0.1, 0.15) is 66.5 Å². The Morgan fingerprint density at radius 1 is 1.07 bits per heavy atom. The minimum atomic E-state index is -0.161. The molecular weight excluding hydrogens is 368 g/mol. The first-order chi connectivity index (χ1) is 14.2. The number of fused-ring (bicyclic) bond motifs is 1. The number of hydrogen-bond acceptors (Lipinski definition) is 5. The summed E-state index contributed by atoms with van der Waals surface area (Å²) in [6.45, 7) is 1.26. The maximum Gasteiger partial charge on any atom is 0.255 e. The third-order valence-corrected chi connectivity index (χ3v) is 6.20. The molecule has 8 nitrogen and oxygen atoms in total. The number of aromatic nitrogens is 5. The zero-order valence-corrected chi connectivity index (χ0v) is 16.3.